The van der Waals surface area contributed by atoms with Gasteiger partial charge in [-0.25, -0.2) is 4.79 Å². The standard InChI is InChI=1S/C36H52O6/c1-11-34(6,7)42-27(5)25-40-31-20-16-29(17-21-31)35(8,9)28-14-18-30(19-15-28)39-24-26(4)41-33(38)23-22-32(37)36(10,12-2)13-3/h14-23,26-27H,11-13,24-25H2,1-10H3/b23-22+. The summed E-state index contributed by atoms with van der Waals surface area (Å²) in [7, 11) is 0. The first-order valence-electron chi connectivity index (χ1n) is 15.2. The van der Waals surface area contributed by atoms with Gasteiger partial charge in [-0.2, -0.15) is 0 Å². The van der Waals surface area contributed by atoms with Crippen molar-refractivity contribution in [3.05, 3.63) is 71.8 Å². The highest BCUT2D eigenvalue weighted by Gasteiger charge is 2.27. The maximum Gasteiger partial charge on any atom is 0.331 e. The molecular formula is C36H52O6. The second-order valence-electron chi connectivity index (χ2n) is 12.6. The number of ether oxygens (including phenoxy) is 4. The normalized spacial score (nSPS) is 14.0. The number of carbonyl (C=O) groups excluding carboxylic acids is 2. The van der Waals surface area contributed by atoms with Gasteiger partial charge in [0.1, 0.15) is 30.8 Å². The summed E-state index contributed by atoms with van der Waals surface area (Å²) in [6.45, 7) is 21.0. The van der Waals surface area contributed by atoms with Crippen molar-refractivity contribution in [1.82, 2.24) is 0 Å². The Balaban J connectivity index is 1.89. The van der Waals surface area contributed by atoms with Gasteiger partial charge >= 0.3 is 5.97 Å². The Kier molecular flexibility index (Phi) is 12.8. The zero-order chi connectivity index (χ0) is 31.6. The van der Waals surface area contributed by atoms with Gasteiger partial charge in [0.25, 0.3) is 0 Å². The zero-order valence-corrected chi connectivity index (χ0v) is 27.4. The van der Waals surface area contributed by atoms with Crippen LogP contribution in [0.15, 0.2) is 60.7 Å². The van der Waals surface area contributed by atoms with Gasteiger partial charge in [-0.05, 0) is 88.4 Å². The van der Waals surface area contributed by atoms with E-state index in [9.17, 15) is 9.59 Å². The lowest BCUT2D eigenvalue weighted by molar-refractivity contribution is -0.143. The number of ketones is 1. The van der Waals surface area contributed by atoms with Crippen LogP contribution in [-0.2, 0) is 24.5 Å². The van der Waals surface area contributed by atoms with Crippen LogP contribution in [0.4, 0.5) is 0 Å². The molecule has 0 saturated heterocycles. The van der Waals surface area contributed by atoms with E-state index < -0.39 is 17.5 Å². The van der Waals surface area contributed by atoms with Crippen LogP contribution in [0.1, 0.15) is 99.6 Å². The van der Waals surface area contributed by atoms with Crippen molar-refractivity contribution >= 4 is 11.8 Å². The Labute approximate surface area is 253 Å². The lowest BCUT2D eigenvalue weighted by atomic mass is 9.78. The second kappa shape index (κ2) is 15.4. The molecule has 2 atom stereocenters. The van der Waals surface area contributed by atoms with Gasteiger partial charge in [0, 0.05) is 16.9 Å². The molecule has 0 aromatic heterocycles. The average Bonchev–Trinajstić information content (AvgIpc) is 2.97. The van der Waals surface area contributed by atoms with Gasteiger partial charge in [-0.3, -0.25) is 4.79 Å². The second-order valence-corrected chi connectivity index (χ2v) is 12.6. The summed E-state index contributed by atoms with van der Waals surface area (Å²) in [6, 6.07) is 16.2. The summed E-state index contributed by atoms with van der Waals surface area (Å²) in [5, 5.41) is 0. The van der Waals surface area contributed by atoms with Crippen molar-refractivity contribution in [3.63, 3.8) is 0 Å². The SMILES string of the molecule is CCC(C)(C)OC(C)COc1ccc(C(C)(C)c2ccc(OCC(C)OC(=O)/C=C/C(=O)C(C)(CC)CC)cc2)cc1. The predicted molar refractivity (Wildman–Crippen MR) is 169 cm³/mol. The van der Waals surface area contributed by atoms with Crippen LogP contribution in [0.5, 0.6) is 11.5 Å². The maximum atomic E-state index is 12.4. The van der Waals surface area contributed by atoms with E-state index >= 15 is 0 Å². The average molecular weight is 581 g/mol. The Morgan fingerprint density at radius 1 is 0.690 bits per heavy atom. The fourth-order valence-corrected chi connectivity index (χ4v) is 4.41. The largest absolute Gasteiger partial charge is 0.491 e. The van der Waals surface area contributed by atoms with Crippen molar-refractivity contribution < 1.29 is 28.5 Å². The Morgan fingerprint density at radius 2 is 1.14 bits per heavy atom. The highest BCUT2D eigenvalue weighted by atomic mass is 16.6. The van der Waals surface area contributed by atoms with Gasteiger partial charge in [-0.1, -0.05) is 65.8 Å². The number of allylic oxidation sites excluding steroid dienone is 1. The van der Waals surface area contributed by atoms with Crippen LogP contribution < -0.4 is 9.47 Å². The van der Waals surface area contributed by atoms with E-state index in [1.54, 1.807) is 6.92 Å². The molecule has 0 radical (unpaired) electrons. The van der Waals surface area contributed by atoms with Crippen molar-refractivity contribution in [3.8, 4) is 11.5 Å². The van der Waals surface area contributed by atoms with E-state index in [1.165, 1.54) is 17.7 Å². The summed E-state index contributed by atoms with van der Waals surface area (Å²) in [4.78, 5) is 24.6. The van der Waals surface area contributed by atoms with Gasteiger partial charge in [0.15, 0.2) is 5.78 Å². The van der Waals surface area contributed by atoms with Crippen LogP contribution in [0, 0.1) is 5.41 Å². The van der Waals surface area contributed by atoms with Crippen molar-refractivity contribution in [1.29, 1.82) is 0 Å². The predicted octanol–water partition coefficient (Wildman–Crippen LogP) is 8.25. The van der Waals surface area contributed by atoms with E-state index in [-0.39, 0.29) is 29.5 Å². The van der Waals surface area contributed by atoms with Gasteiger partial charge in [0.05, 0.1) is 11.7 Å². The molecule has 0 fully saturated rings. The van der Waals surface area contributed by atoms with Crippen LogP contribution in [0.3, 0.4) is 0 Å². The summed E-state index contributed by atoms with van der Waals surface area (Å²) < 4.78 is 23.3. The van der Waals surface area contributed by atoms with E-state index in [0.717, 1.165) is 30.6 Å². The first-order chi connectivity index (χ1) is 19.7. The number of rotatable bonds is 17. The minimum atomic E-state index is -0.550. The molecule has 0 saturated carbocycles. The number of hydrogen-bond donors (Lipinski definition) is 0. The van der Waals surface area contributed by atoms with E-state index in [4.69, 9.17) is 18.9 Å². The van der Waals surface area contributed by atoms with E-state index in [0.29, 0.717) is 12.4 Å². The molecule has 0 amide bonds. The Hall–Kier alpha value is -3.12. The summed E-state index contributed by atoms with van der Waals surface area (Å²) in [5.74, 6) is 0.898. The minimum absolute atomic E-state index is 0.00212. The molecular weight excluding hydrogens is 528 g/mol. The van der Waals surface area contributed by atoms with Crippen molar-refractivity contribution in [2.24, 2.45) is 5.41 Å². The third-order valence-electron chi connectivity index (χ3n) is 8.34. The van der Waals surface area contributed by atoms with Crippen molar-refractivity contribution in [2.75, 3.05) is 13.2 Å². The third kappa shape index (κ3) is 10.3. The summed E-state index contributed by atoms with van der Waals surface area (Å²) >= 11 is 0. The Bertz CT molecular complexity index is 1160. The topological polar surface area (TPSA) is 71.1 Å². The Morgan fingerprint density at radius 3 is 1.57 bits per heavy atom. The molecule has 2 rings (SSSR count). The number of esters is 1. The number of hydrogen-bond acceptors (Lipinski definition) is 6. The van der Waals surface area contributed by atoms with Gasteiger partial charge < -0.3 is 18.9 Å². The molecule has 232 valence electrons. The quantitative estimate of drug-likeness (QED) is 0.139. The fraction of sp³-hybridized carbons (Fsp3) is 0.556. The molecule has 0 aliphatic rings. The number of benzene rings is 2. The van der Waals surface area contributed by atoms with Crippen molar-refractivity contribution in [2.45, 2.75) is 112 Å². The van der Waals surface area contributed by atoms with Crippen LogP contribution in [0.25, 0.3) is 0 Å². The molecule has 0 heterocycles. The van der Waals surface area contributed by atoms with Crippen LogP contribution >= 0.6 is 0 Å². The molecule has 2 aromatic rings. The van der Waals surface area contributed by atoms with E-state index in [2.05, 4.69) is 58.9 Å². The smallest absolute Gasteiger partial charge is 0.331 e. The van der Waals surface area contributed by atoms with E-state index in [1.807, 2.05) is 52.0 Å². The molecule has 2 unspecified atom stereocenters. The highest BCUT2D eigenvalue weighted by Crippen LogP contribution is 2.33. The molecule has 0 N–H and O–H groups in total. The lowest BCUT2D eigenvalue weighted by Crippen LogP contribution is -2.31. The molecule has 0 bridgehead atoms. The third-order valence-corrected chi connectivity index (χ3v) is 8.34. The summed E-state index contributed by atoms with van der Waals surface area (Å²) in [6.07, 6.45) is 4.46. The summed E-state index contributed by atoms with van der Waals surface area (Å²) in [5.41, 5.74) is 1.48. The zero-order valence-electron chi connectivity index (χ0n) is 27.4. The monoisotopic (exact) mass is 580 g/mol. The first-order valence-corrected chi connectivity index (χ1v) is 15.2. The molecule has 6 nitrogen and oxygen atoms in total. The van der Waals surface area contributed by atoms with Gasteiger partial charge in [-0.15, -0.1) is 0 Å². The molecule has 0 spiro atoms. The fourth-order valence-electron chi connectivity index (χ4n) is 4.41. The first kappa shape index (κ1) is 35.1. The number of carbonyl (C=O) groups is 2. The highest BCUT2D eigenvalue weighted by molar-refractivity contribution is 5.99. The molecule has 42 heavy (non-hydrogen) atoms. The molecule has 6 heteroatoms. The lowest BCUT2D eigenvalue weighted by Gasteiger charge is -2.28. The molecule has 0 aliphatic heterocycles. The minimum Gasteiger partial charge on any atom is -0.491 e. The molecule has 0 aliphatic carbocycles. The van der Waals surface area contributed by atoms with Crippen LogP contribution in [-0.4, -0.2) is 42.8 Å². The maximum absolute atomic E-state index is 12.4. The van der Waals surface area contributed by atoms with Crippen LogP contribution in [0.2, 0.25) is 0 Å². The van der Waals surface area contributed by atoms with Gasteiger partial charge in [0.2, 0.25) is 0 Å². The molecule has 2 aromatic carbocycles.